The molecule has 0 radical (unpaired) electrons. The molecule has 10 aromatic rings. The third-order valence-electron chi connectivity index (χ3n) is 12.5. The molecular formula is C57H41N5. The van der Waals surface area contributed by atoms with E-state index in [4.69, 9.17) is 9.98 Å². The summed E-state index contributed by atoms with van der Waals surface area (Å²) >= 11 is 0. The smallest absolute Gasteiger partial charge is 0.159 e. The van der Waals surface area contributed by atoms with Crippen LogP contribution in [0.1, 0.15) is 40.5 Å². The maximum absolute atomic E-state index is 5.49. The second-order valence-electron chi connectivity index (χ2n) is 16.1. The van der Waals surface area contributed by atoms with Crippen LogP contribution in [0, 0.1) is 0 Å². The van der Waals surface area contributed by atoms with Crippen molar-refractivity contribution in [3.8, 4) is 33.6 Å². The Balaban J connectivity index is 1.03. The summed E-state index contributed by atoms with van der Waals surface area (Å²) in [5.74, 6) is 1.47. The summed E-state index contributed by atoms with van der Waals surface area (Å²) in [6.07, 6.45) is 6.22. The van der Waals surface area contributed by atoms with Gasteiger partial charge in [0.1, 0.15) is 12.0 Å². The fourth-order valence-electron chi connectivity index (χ4n) is 9.56. The summed E-state index contributed by atoms with van der Waals surface area (Å²) in [5.41, 5.74) is 16.1. The van der Waals surface area contributed by atoms with Crippen molar-refractivity contribution in [2.75, 3.05) is 0 Å². The number of benzene rings is 8. The van der Waals surface area contributed by atoms with Crippen LogP contribution in [0.2, 0.25) is 0 Å². The first-order chi connectivity index (χ1) is 30.7. The summed E-state index contributed by atoms with van der Waals surface area (Å²) in [4.78, 5) is 10.9. The average Bonchev–Trinajstić information content (AvgIpc) is 3.87. The Morgan fingerprint density at radius 2 is 1.05 bits per heavy atom. The van der Waals surface area contributed by atoms with Crippen LogP contribution in [0.25, 0.3) is 72.4 Å². The molecule has 2 aromatic heterocycles. The van der Waals surface area contributed by atoms with Crippen LogP contribution in [0.4, 0.5) is 0 Å². The molecule has 5 nitrogen and oxygen atoms in total. The third kappa shape index (κ3) is 6.09. The van der Waals surface area contributed by atoms with E-state index in [1.54, 1.807) is 0 Å². The van der Waals surface area contributed by atoms with E-state index in [1.165, 1.54) is 44.1 Å². The number of aliphatic imine (C=N–C) groups is 2. The van der Waals surface area contributed by atoms with E-state index in [9.17, 15) is 0 Å². The van der Waals surface area contributed by atoms with Gasteiger partial charge in [0.15, 0.2) is 5.84 Å². The van der Waals surface area contributed by atoms with E-state index >= 15 is 0 Å². The Hall–Kier alpha value is -8.02. The van der Waals surface area contributed by atoms with Crippen molar-refractivity contribution in [1.82, 2.24) is 14.5 Å². The summed E-state index contributed by atoms with van der Waals surface area (Å²) in [6.45, 7) is 0. The van der Waals surface area contributed by atoms with Gasteiger partial charge < -0.3 is 14.5 Å². The van der Waals surface area contributed by atoms with Gasteiger partial charge in [-0.3, -0.25) is 0 Å². The minimum atomic E-state index is -0.411. The minimum absolute atomic E-state index is 0.411. The second-order valence-corrected chi connectivity index (χ2v) is 16.1. The van der Waals surface area contributed by atoms with Crippen molar-refractivity contribution in [2.24, 2.45) is 9.98 Å². The Morgan fingerprint density at radius 3 is 1.85 bits per heavy atom. The number of aryl methyl sites for hydroxylation is 1. The first-order valence-corrected chi connectivity index (χ1v) is 21.4. The van der Waals surface area contributed by atoms with E-state index in [0.717, 1.165) is 68.9 Å². The lowest BCUT2D eigenvalue weighted by Crippen LogP contribution is -2.33. The number of hydrogen-bond donors (Lipinski definition) is 1. The molecule has 1 aliphatic heterocycles. The number of amidine groups is 2. The Labute approximate surface area is 360 Å². The van der Waals surface area contributed by atoms with E-state index < -0.39 is 6.17 Å². The zero-order chi connectivity index (χ0) is 41.0. The fourth-order valence-corrected chi connectivity index (χ4v) is 9.56. The number of nitrogens with one attached hydrogen (secondary N) is 1. The summed E-state index contributed by atoms with van der Waals surface area (Å²) in [5, 5.41) is 7.53. The quantitative estimate of drug-likeness (QED) is 0.172. The van der Waals surface area contributed by atoms with Gasteiger partial charge in [-0.05, 0) is 89.2 Å². The average molecular weight is 796 g/mol. The van der Waals surface area contributed by atoms with Crippen LogP contribution in [-0.4, -0.2) is 20.8 Å². The molecule has 0 amide bonds. The molecule has 0 bridgehead atoms. The molecule has 1 N–H and O–H groups in total. The number of hydrogen-bond acceptors (Lipinski definition) is 3. The topological polar surface area (TPSA) is 46.6 Å². The molecule has 1 aliphatic carbocycles. The molecule has 1 unspecified atom stereocenters. The van der Waals surface area contributed by atoms with Gasteiger partial charge >= 0.3 is 0 Å². The third-order valence-corrected chi connectivity index (χ3v) is 12.5. The van der Waals surface area contributed by atoms with Gasteiger partial charge in [0.25, 0.3) is 0 Å². The highest BCUT2D eigenvalue weighted by Crippen LogP contribution is 2.38. The normalized spacial score (nSPS) is 14.7. The van der Waals surface area contributed by atoms with Crippen molar-refractivity contribution in [3.63, 3.8) is 0 Å². The predicted octanol–water partition coefficient (Wildman–Crippen LogP) is 13.5. The summed E-state index contributed by atoms with van der Waals surface area (Å²) in [6, 6.07) is 71.5. The van der Waals surface area contributed by atoms with Gasteiger partial charge in [0.2, 0.25) is 0 Å². The Bertz CT molecular complexity index is 3410. The van der Waals surface area contributed by atoms with E-state index in [1.807, 2.05) is 0 Å². The van der Waals surface area contributed by atoms with Crippen molar-refractivity contribution >= 4 is 50.5 Å². The van der Waals surface area contributed by atoms with Crippen LogP contribution in [-0.2, 0) is 6.42 Å². The Morgan fingerprint density at radius 1 is 0.468 bits per heavy atom. The second kappa shape index (κ2) is 14.9. The standard InChI is InChI=1S/C57H41N5/c1-4-16-38(17-5-1)39-28-30-40(31-29-39)45-22-10-11-25-50(45)57-59-55(41-32-34-48-46-23-12-14-26-51(46)61(53(48)36-41)43-18-6-2-7-19-43)58-56(60-57)42-33-35-49-47-24-13-15-27-52(47)62(54(49)37-42)44-20-8-3-9-21-44/h1-12,14-23,25-37,57H,13,24H2,(H,58,59,60). The van der Waals surface area contributed by atoms with Crippen LogP contribution in [0.3, 0.4) is 0 Å². The number of fused-ring (bicyclic) bond motifs is 6. The first kappa shape index (κ1) is 35.9. The Kier molecular flexibility index (Phi) is 8.63. The molecule has 0 saturated heterocycles. The lowest BCUT2D eigenvalue weighted by Gasteiger charge is -2.25. The van der Waals surface area contributed by atoms with E-state index in [2.05, 4.69) is 227 Å². The molecule has 62 heavy (non-hydrogen) atoms. The SMILES string of the molecule is C1=Cc2c(c3ccc(C4=NC(c5ccccc5-c5ccc(-c6ccccc6)cc5)NC(c5ccc6c7ccccc7n(-c7ccccc7)c6c5)=N4)cc3n2-c2ccccc2)CC1. The van der Waals surface area contributed by atoms with Crippen molar-refractivity contribution in [1.29, 1.82) is 0 Å². The lowest BCUT2D eigenvalue weighted by molar-refractivity contribution is 0.676. The van der Waals surface area contributed by atoms with Gasteiger partial charge in [-0.25, -0.2) is 9.98 Å². The highest BCUT2D eigenvalue weighted by atomic mass is 15.2. The van der Waals surface area contributed by atoms with Crippen LogP contribution >= 0.6 is 0 Å². The predicted molar refractivity (Wildman–Crippen MR) is 258 cm³/mol. The number of nitrogens with zero attached hydrogens (tertiary/aromatic N) is 4. The number of allylic oxidation sites excluding steroid dienone is 1. The van der Waals surface area contributed by atoms with E-state index in [-0.39, 0.29) is 0 Å². The molecule has 0 saturated carbocycles. The van der Waals surface area contributed by atoms with Crippen LogP contribution < -0.4 is 5.32 Å². The van der Waals surface area contributed by atoms with Crippen LogP contribution in [0.5, 0.6) is 0 Å². The summed E-state index contributed by atoms with van der Waals surface area (Å²) < 4.78 is 4.76. The fraction of sp³-hybridized carbons (Fsp3) is 0.0526. The maximum atomic E-state index is 5.49. The largest absolute Gasteiger partial charge is 0.344 e. The van der Waals surface area contributed by atoms with Crippen LogP contribution in [0.15, 0.2) is 216 Å². The van der Waals surface area contributed by atoms with E-state index in [0.29, 0.717) is 5.84 Å². The first-order valence-electron chi connectivity index (χ1n) is 21.4. The minimum Gasteiger partial charge on any atom is -0.344 e. The molecule has 3 heterocycles. The zero-order valence-electron chi connectivity index (χ0n) is 34.0. The number of aromatic nitrogens is 2. The maximum Gasteiger partial charge on any atom is 0.159 e. The lowest BCUT2D eigenvalue weighted by atomic mass is 9.95. The monoisotopic (exact) mass is 795 g/mol. The van der Waals surface area contributed by atoms with Gasteiger partial charge in [-0.2, -0.15) is 0 Å². The zero-order valence-corrected chi connectivity index (χ0v) is 34.0. The van der Waals surface area contributed by atoms with Gasteiger partial charge in [0.05, 0.1) is 16.6 Å². The highest BCUT2D eigenvalue weighted by Gasteiger charge is 2.26. The molecule has 294 valence electrons. The summed E-state index contributed by atoms with van der Waals surface area (Å²) in [7, 11) is 0. The molecule has 12 rings (SSSR count). The van der Waals surface area contributed by atoms with Crippen molar-refractivity contribution in [3.05, 3.63) is 234 Å². The van der Waals surface area contributed by atoms with Gasteiger partial charge in [0, 0.05) is 49.9 Å². The van der Waals surface area contributed by atoms with Crippen molar-refractivity contribution < 1.29 is 0 Å². The molecule has 1 atom stereocenters. The van der Waals surface area contributed by atoms with Gasteiger partial charge in [-0.1, -0.05) is 164 Å². The molecule has 0 fully saturated rings. The number of rotatable bonds is 7. The van der Waals surface area contributed by atoms with Gasteiger partial charge in [-0.15, -0.1) is 0 Å². The molecular weight excluding hydrogens is 755 g/mol. The number of para-hydroxylation sites is 3. The van der Waals surface area contributed by atoms with Crippen molar-refractivity contribution in [2.45, 2.75) is 19.0 Å². The molecule has 0 spiro atoms. The molecule has 5 heteroatoms. The molecule has 8 aromatic carbocycles. The highest BCUT2D eigenvalue weighted by molar-refractivity contribution is 6.16. The molecule has 2 aliphatic rings.